The summed E-state index contributed by atoms with van der Waals surface area (Å²) in [4.78, 5) is 18.9. The van der Waals surface area contributed by atoms with E-state index in [2.05, 4.69) is 15.2 Å². The van der Waals surface area contributed by atoms with Crippen LogP contribution in [0.4, 0.5) is 0 Å². The second-order valence-corrected chi connectivity index (χ2v) is 6.19. The van der Waals surface area contributed by atoms with Crippen LogP contribution in [0.25, 0.3) is 5.65 Å². The van der Waals surface area contributed by atoms with Gasteiger partial charge in [-0.15, -0.1) is 0 Å². The zero-order valence-electron chi connectivity index (χ0n) is 12.6. The highest BCUT2D eigenvalue weighted by Gasteiger charge is 2.12. The molecule has 1 amide bonds. The van der Waals surface area contributed by atoms with Gasteiger partial charge in [0.15, 0.2) is 0 Å². The number of likely N-dealkylation sites (tertiary alicyclic amines) is 1. The van der Waals surface area contributed by atoms with E-state index in [9.17, 15) is 4.79 Å². The molecule has 0 radical (unpaired) electrons. The molecule has 1 N–H and O–H groups in total. The van der Waals surface area contributed by atoms with Gasteiger partial charge in [0.2, 0.25) is 0 Å². The van der Waals surface area contributed by atoms with Crippen molar-refractivity contribution in [1.82, 2.24) is 19.6 Å². The second-order valence-electron chi connectivity index (χ2n) is 5.75. The first-order valence-electron chi connectivity index (χ1n) is 7.87. The first kappa shape index (κ1) is 15.3. The lowest BCUT2D eigenvalue weighted by molar-refractivity contribution is 0.0946. The van der Waals surface area contributed by atoms with E-state index in [4.69, 9.17) is 11.6 Å². The topological polar surface area (TPSA) is 49.6 Å². The maximum absolute atomic E-state index is 12.1. The summed E-state index contributed by atoms with van der Waals surface area (Å²) in [6.45, 7) is 4.13. The molecule has 2 aromatic rings. The van der Waals surface area contributed by atoms with E-state index in [1.165, 1.54) is 32.4 Å². The summed E-state index contributed by atoms with van der Waals surface area (Å²) >= 11 is 5.93. The Bertz CT molecular complexity index is 649. The van der Waals surface area contributed by atoms with Crippen LogP contribution in [0.5, 0.6) is 0 Å². The summed E-state index contributed by atoms with van der Waals surface area (Å²) in [5, 5.41) is 3.56. The van der Waals surface area contributed by atoms with Crippen LogP contribution in [-0.2, 0) is 0 Å². The van der Waals surface area contributed by atoms with Crippen molar-refractivity contribution >= 4 is 23.2 Å². The molecule has 1 aliphatic heterocycles. The standard InChI is InChI=1S/C16H21ClN4O/c17-13-5-6-15-19-14(12-21(15)11-13)16(22)18-7-4-10-20-8-2-1-3-9-20/h5-6,11-12H,1-4,7-10H2,(H,18,22). The van der Waals surface area contributed by atoms with Crippen LogP contribution in [0.2, 0.25) is 5.02 Å². The molecular weight excluding hydrogens is 300 g/mol. The number of carbonyl (C=O) groups excluding carboxylic acids is 1. The predicted octanol–water partition coefficient (Wildman–Crippen LogP) is 2.59. The van der Waals surface area contributed by atoms with Gasteiger partial charge in [-0.25, -0.2) is 4.98 Å². The van der Waals surface area contributed by atoms with Gasteiger partial charge in [0.25, 0.3) is 5.91 Å². The van der Waals surface area contributed by atoms with Crippen molar-refractivity contribution in [2.24, 2.45) is 0 Å². The molecule has 0 aliphatic carbocycles. The predicted molar refractivity (Wildman–Crippen MR) is 87.4 cm³/mol. The molecule has 3 rings (SSSR count). The lowest BCUT2D eigenvalue weighted by atomic mass is 10.1. The Morgan fingerprint density at radius 1 is 1.23 bits per heavy atom. The Morgan fingerprint density at radius 2 is 2.05 bits per heavy atom. The Labute approximate surface area is 135 Å². The second kappa shape index (κ2) is 7.11. The summed E-state index contributed by atoms with van der Waals surface area (Å²) in [7, 11) is 0. The van der Waals surface area contributed by atoms with Gasteiger partial charge in [0.1, 0.15) is 11.3 Å². The number of rotatable bonds is 5. The van der Waals surface area contributed by atoms with Crippen LogP contribution in [0.15, 0.2) is 24.5 Å². The summed E-state index contributed by atoms with van der Waals surface area (Å²) in [6, 6.07) is 3.57. The number of imidazole rings is 1. The van der Waals surface area contributed by atoms with Gasteiger partial charge in [-0.3, -0.25) is 4.79 Å². The molecule has 1 saturated heterocycles. The fourth-order valence-corrected chi connectivity index (χ4v) is 3.02. The molecule has 0 atom stereocenters. The van der Waals surface area contributed by atoms with Crippen molar-refractivity contribution in [3.05, 3.63) is 35.2 Å². The van der Waals surface area contributed by atoms with Crippen molar-refractivity contribution in [1.29, 1.82) is 0 Å². The van der Waals surface area contributed by atoms with Crippen LogP contribution < -0.4 is 5.32 Å². The molecule has 1 aliphatic rings. The number of fused-ring (bicyclic) bond motifs is 1. The van der Waals surface area contributed by atoms with E-state index in [1.807, 2.05) is 0 Å². The molecule has 3 heterocycles. The number of aromatic nitrogens is 2. The summed E-state index contributed by atoms with van der Waals surface area (Å²) in [5.74, 6) is -0.126. The van der Waals surface area contributed by atoms with Crippen molar-refractivity contribution in [3.8, 4) is 0 Å². The third-order valence-corrected chi connectivity index (χ3v) is 4.26. The molecule has 0 unspecified atom stereocenters. The quantitative estimate of drug-likeness (QED) is 0.862. The fourth-order valence-electron chi connectivity index (χ4n) is 2.85. The highest BCUT2D eigenvalue weighted by Crippen LogP contribution is 2.12. The number of nitrogens with one attached hydrogen (secondary N) is 1. The van der Waals surface area contributed by atoms with Crippen molar-refractivity contribution in [2.75, 3.05) is 26.2 Å². The highest BCUT2D eigenvalue weighted by molar-refractivity contribution is 6.30. The minimum absolute atomic E-state index is 0.126. The summed E-state index contributed by atoms with van der Waals surface area (Å²) in [5.41, 5.74) is 1.16. The molecular formula is C16H21ClN4O. The SMILES string of the molecule is O=C(NCCCN1CCCCC1)c1cn2cc(Cl)ccc2n1. The van der Waals surface area contributed by atoms with Gasteiger partial charge in [-0.2, -0.15) is 0 Å². The Hall–Kier alpha value is -1.59. The average Bonchev–Trinajstić information content (AvgIpc) is 2.95. The molecule has 5 nitrogen and oxygen atoms in total. The molecule has 0 bridgehead atoms. The number of piperidine rings is 1. The van der Waals surface area contributed by atoms with Crippen molar-refractivity contribution < 1.29 is 4.79 Å². The van der Waals surface area contributed by atoms with Crippen molar-refractivity contribution in [3.63, 3.8) is 0 Å². The zero-order chi connectivity index (χ0) is 15.4. The van der Waals surface area contributed by atoms with Crippen LogP contribution in [0.1, 0.15) is 36.2 Å². The molecule has 0 spiro atoms. The number of halogens is 1. The van der Waals surface area contributed by atoms with Gasteiger partial charge < -0.3 is 14.6 Å². The molecule has 0 aromatic carbocycles. The Balaban J connectivity index is 1.48. The van der Waals surface area contributed by atoms with Crippen LogP contribution in [-0.4, -0.2) is 46.4 Å². The maximum Gasteiger partial charge on any atom is 0.271 e. The maximum atomic E-state index is 12.1. The lowest BCUT2D eigenvalue weighted by Crippen LogP contribution is -2.33. The number of hydrogen-bond acceptors (Lipinski definition) is 3. The van der Waals surface area contributed by atoms with E-state index in [-0.39, 0.29) is 5.91 Å². The first-order valence-corrected chi connectivity index (χ1v) is 8.25. The van der Waals surface area contributed by atoms with Gasteiger partial charge in [-0.1, -0.05) is 18.0 Å². The third-order valence-electron chi connectivity index (χ3n) is 4.03. The largest absolute Gasteiger partial charge is 0.351 e. The zero-order valence-corrected chi connectivity index (χ0v) is 13.4. The minimum atomic E-state index is -0.126. The van der Waals surface area contributed by atoms with Crippen LogP contribution in [0.3, 0.4) is 0 Å². The van der Waals surface area contributed by atoms with E-state index >= 15 is 0 Å². The number of hydrogen-bond donors (Lipinski definition) is 1. The van der Waals surface area contributed by atoms with Gasteiger partial charge >= 0.3 is 0 Å². The Morgan fingerprint density at radius 3 is 2.86 bits per heavy atom. The number of amides is 1. The molecule has 2 aromatic heterocycles. The van der Waals surface area contributed by atoms with Gasteiger partial charge in [0, 0.05) is 18.9 Å². The lowest BCUT2D eigenvalue weighted by Gasteiger charge is -2.26. The highest BCUT2D eigenvalue weighted by atomic mass is 35.5. The van der Waals surface area contributed by atoms with Gasteiger partial charge in [0.05, 0.1) is 5.02 Å². The first-order chi connectivity index (χ1) is 10.7. The van der Waals surface area contributed by atoms with Crippen molar-refractivity contribution in [2.45, 2.75) is 25.7 Å². The molecule has 1 fully saturated rings. The summed E-state index contributed by atoms with van der Waals surface area (Å²) in [6.07, 6.45) is 8.39. The molecule has 0 saturated carbocycles. The summed E-state index contributed by atoms with van der Waals surface area (Å²) < 4.78 is 1.77. The third kappa shape index (κ3) is 3.78. The van der Waals surface area contributed by atoms with E-state index in [0.717, 1.165) is 18.6 Å². The van der Waals surface area contributed by atoms with Crippen LogP contribution in [0, 0.1) is 0 Å². The Kier molecular flexibility index (Phi) is 4.95. The minimum Gasteiger partial charge on any atom is -0.351 e. The van der Waals surface area contributed by atoms with Gasteiger partial charge in [-0.05, 0) is 51.0 Å². The average molecular weight is 321 g/mol. The molecule has 22 heavy (non-hydrogen) atoms. The smallest absolute Gasteiger partial charge is 0.271 e. The monoisotopic (exact) mass is 320 g/mol. The number of nitrogens with zero attached hydrogens (tertiary/aromatic N) is 3. The molecule has 118 valence electrons. The van der Waals surface area contributed by atoms with E-state index < -0.39 is 0 Å². The number of carbonyl (C=O) groups is 1. The van der Waals surface area contributed by atoms with Crippen LogP contribution >= 0.6 is 11.6 Å². The fraction of sp³-hybridized carbons (Fsp3) is 0.500. The normalized spacial score (nSPS) is 16.0. The molecule has 6 heteroatoms. The number of pyridine rings is 1. The van der Waals surface area contributed by atoms with E-state index in [1.54, 1.807) is 28.9 Å². The van der Waals surface area contributed by atoms with E-state index in [0.29, 0.717) is 17.3 Å².